The summed E-state index contributed by atoms with van der Waals surface area (Å²) in [6.07, 6.45) is -0.353. The van der Waals surface area contributed by atoms with Crippen molar-refractivity contribution in [3.63, 3.8) is 0 Å². The Labute approximate surface area is 176 Å². The van der Waals surface area contributed by atoms with Gasteiger partial charge < -0.3 is 15.3 Å². The minimum absolute atomic E-state index is 0.0434. The normalized spacial score (nSPS) is 20.8. The molecule has 0 amide bonds. The van der Waals surface area contributed by atoms with E-state index in [-0.39, 0.29) is 36.1 Å². The topological polar surface area (TPSA) is 78.3 Å². The molecular formula is C21H22F4N4O2. The molecule has 2 N–H and O–H groups in total. The number of alkyl halides is 3. The number of carbonyl (C=O) groups is 1. The summed E-state index contributed by atoms with van der Waals surface area (Å²) < 4.78 is 53.5. The highest BCUT2D eigenvalue weighted by molar-refractivity contribution is 5.71. The molecule has 0 spiro atoms. The van der Waals surface area contributed by atoms with E-state index in [1.807, 2.05) is 0 Å². The summed E-state index contributed by atoms with van der Waals surface area (Å²) in [6.45, 7) is 0.651. The molecule has 10 heteroatoms. The number of carboxylic acid groups (broad SMARTS) is 1. The molecular weight excluding hydrogens is 416 g/mol. The molecule has 2 saturated carbocycles. The minimum atomic E-state index is -4.40. The number of aromatic nitrogens is 2. The number of halogens is 4. The lowest BCUT2D eigenvalue weighted by Gasteiger charge is -2.32. The third kappa shape index (κ3) is 4.88. The Morgan fingerprint density at radius 2 is 1.84 bits per heavy atom. The third-order valence-corrected chi connectivity index (χ3v) is 5.81. The second-order valence-electron chi connectivity index (χ2n) is 8.17. The number of rotatable bonds is 8. The molecule has 6 nitrogen and oxygen atoms in total. The van der Waals surface area contributed by atoms with Crippen LogP contribution in [0.15, 0.2) is 30.6 Å². The van der Waals surface area contributed by atoms with Gasteiger partial charge in [0.2, 0.25) is 5.82 Å². The molecule has 0 atom stereocenters. The van der Waals surface area contributed by atoms with Crippen molar-refractivity contribution in [3.8, 4) is 0 Å². The highest BCUT2D eigenvalue weighted by Gasteiger charge is 2.35. The van der Waals surface area contributed by atoms with Crippen LogP contribution in [0.4, 0.5) is 29.2 Å². The van der Waals surface area contributed by atoms with Crippen LogP contribution < -0.4 is 10.2 Å². The van der Waals surface area contributed by atoms with Gasteiger partial charge in [0.1, 0.15) is 6.33 Å². The first kappa shape index (κ1) is 21.3. The van der Waals surface area contributed by atoms with Gasteiger partial charge in [0, 0.05) is 19.1 Å². The molecule has 2 aromatic rings. The summed E-state index contributed by atoms with van der Waals surface area (Å²) in [5, 5.41) is 11.9. The van der Waals surface area contributed by atoms with Crippen LogP contribution in [0.1, 0.15) is 36.8 Å². The van der Waals surface area contributed by atoms with E-state index in [4.69, 9.17) is 5.11 Å². The maximum atomic E-state index is 15.1. The smallest absolute Gasteiger partial charge is 0.416 e. The van der Waals surface area contributed by atoms with Crippen LogP contribution >= 0.6 is 0 Å². The van der Waals surface area contributed by atoms with E-state index in [1.165, 1.54) is 18.5 Å². The van der Waals surface area contributed by atoms with E-state index in [1.54, 1.807) is 4.90 Å². The molecule has 2 aliphatic rings. The second kappa shape index (κ2) is 8.32. The fourth-order valence-electron chi connectivity index (χ4n) is 3.79. The number of aliphatic carboxylic acids is 1. The molecule has 31 heavy (non-hydrogen) atoms. The first-order chi connectivity index (χ1) is 14.7. The third-order valence-electron chi connectivity index (χ3n) is 5.81. The summed E-state index contributed by atoms with van der Waals surface area (Å²) in [4.78, 5) is 20.7. The molecule has 1 aromatic heterocycles. The van der Waals surface area contributed by atoms with Gasteiger partial charge in [-0.1, -0.05) is 12.1 Å². The molecule has 2 aliphatic carbocycles. The molecule has 166 valence electrons. The number of carboxylic acids is 1. The Morgan fingerprint density at radius 3 is 2.42 bits per heavy atom. The number of anilines is 2. The second-order valence-corrected chi connectivity index (χ2v) is 8.17. The van der Waals surface area contributed by atoms with Gasteiger partial charge in [-0.15, -0.1) is 0 Å². The lowest BCUT2D eigenvalue weighted by Crippen LogP contribution is -2.34. The van der Waals surface area contributed by atoms with E-state index < -0.39 is 23.5 Å². The molecule has 0 bridgehead atoms. The van der Waals surface area contributed by atoms with E-state index in [9.17, 15) is 18.0 Å². The van der Waals surface area contributed by atoms with Crippen molar-refractivity contribution < 1.29 is 27.5 Å². The largest absolute Gasteiger partial charge is 0.481 e. The van der Waals surface area contributed by atoms with Crippen molar-refractivity contribution in [1.82, 2.24) is 9.97 Å². The summed E-state index contributed by atoms with van der Waals surface area (Å²) in [7, 11) is 0. The van der Waals surface area contributed by atoms with E-state index in [0.717, 1.165) is 25.0 Å². The van der Waals surface area contributed by atoms with Crippen LogP contribution in [0.5, 0.6) is 0 Å². The summed E-state index contributed by atoms with van der Waals surface area (Å²) in [5.41, 5.74) is -0.100. The molecule has 1 heterocycles. The van der Waals surface area contributed by atoms with Crippen LogP contribution in [0.25, 0.3) is 0 Å². The van der Waals surface area contributed by atoms with Crippen molar-refractivity contribution in [2.45, 2.75) is 44.4 Å². The number of nitrogens with zero attached hydrogens (tertiary/aromatic N) is 3. The maximum absolute atomic E-state index is 15.1. The zero-order valence-electron chi connectivity index (χ0n) is 16.6. The fraction of sp³-hybridized carbons (Fsp3) is 0.476. The van der Waals surface area contributed by atoms with Gasteiger partial charge in [-0.05, 0) is 49.3 Å². The maximum Gasteiger partial charge on any atom is 0.416 e. The molecule has 0 radical (unpaired) electrons. The van der Waals surface area contributed by atoms with Crippen LogP contribution in [0.2, 0.25) is 0 Å². The van der Waals surface area contributed by atoms with Gasteiger partial charge in [0.25, 0.3) is 0 Å². The standard InChI is InChI=1S/C21H22F4N4O2/c22-17-18(26-9-13-7-14(8-13)20(30)31)27-11-28-19(17)29(16-5-6-16)10-12-1-3-15(4-2-12)21(23,24)25/h1-4,11,13-14,16H,5-10H2,(H,30,31)(H,26,27,28). The number of benzene rings is 1. The lowest BCUT2D eigenvalue weighted by molar-refractivity contribution is -0.146. The monoisotopic (exact) mass is 438 g/mol. The summed E-state index contributed by atoms with van der Waals surface area (Å²) in [5.74, 6) is -1.47. The molecule has 2 fully saturated rings. The Balaban J connectivity index is 1.45. The Hall–Kier alpha value is -2.91. The lowest BCUT2D eigenvalue weighted by atomic mass is 9.75. The average Bonchev–Trinajstić information content (AvgIpc) is 3.51. The molecule has 4 rings (SSSR count). The minimum Gasteiger partial charge on any atom is -0.481 e. The molecule has 1 aromatic carbocycles. The zero-order chi connectivity index (χ0) is 22.2. The van der Waals surface area contributed by atoms with Crippen LogP contribution in [0.3, 0.4) is 0 Å². The van der Waals surface area contributed by atoms with Crippen LogP contribution in [0, 0.1) is 17.7 Å². The van der Waals surface area contributed by atoms with Crippen LogP contribution in [-0.2, 0) is 17.5 Å². The van der Waals surface area contributed by atoms with E-state index >= 15 is 4.39 Å². The van der Waals surface area contributed by atoms with Crippen molar-refractivity contribution in [1.29, 1.82) is 0 Å². The van der Waals surface area contributed by atoms with Gasteiger partial charge in [0.05, 0.1) is 11.5 Å². The number of nitrogens with one attached hydrogen (secondary N) is 1. The Morgan fingerprint density at radius 1 is 1.16 bits per heavy atom. The Kier molecular flexibility index (Phi) is 5.72. The first-order valence-corrected chi connectivity index (χ1v) is 10.1. The molecule has 0 aliphatic heterocycles. The quantitative estimate of drug-likeness (QED) is 0.598. The average molecular weight is 438 g/mol. The van der Waals surface area contributed by atoms with Gasteiger partial charge in [0.15, 0.2) is 11.6 Å². The molecule has 0 saturated heterocycles. The number of hydrogen-bond acceptors (Lipinski definition) is 5. The van der Waals surface area contributed by atoms with Crippen molar-refractivity contribution in [2.24, 2.45) is 11.8 Å². The van der Waals surface area contributed by atoms with Crippen LogP contribution in [-0.4, -0.2) is 33.6 Å². The SMILES string of the molecule is O=C(O)C1CC(CNc2ncnc(N(Cc3ccc(C(F)(F)F)cc3)C3CC3)c2F)C1. The van der Waals surface area contributed by atoms with Gasteiger partial charge in [-0.3, -0.25) is 4.79 Å². The summed E-state index contributed by atoms with van der Waals surface area (Å²) in [6, 6.07) is 4.90. The summed E-state index contributed by atoms with van der Waals surface area (Å²) >= 11 is 0. The van der Waals surface area contributed by atoms with Gasteiger partial charge in [-0.2, -0.15) is 17.6 Å². The van der Waals surface area contributed by atoms with Gasteiger partial charge >= 0.3 is 12.1 Å². The first-order valence-electron chi connectivity index (χ1n) is 10.1. The number of hydrogen-bond donors (Lipinski definition) is 2. The zero-order valence-corrected chi connectivity index (χ0v) is 16.6. The van der Waals surface area contributed by atoms with Gasteiger partial charge in [-0.25, -0.2) is 9.97 Å². The van der Waals surface area contributed by atoms with E-state index in [2.05, 4.69) is 15.3 Å². The highest BCUT2D eigenvalue weighted by Crippen LogP contribution is 2.37. The van der Waals surface area contributed by atoms with Crippen molar-refractivity contribution >= 4 is 17.6 Å². The van der Waals surface area contributed by atoms with Crippen molar-refractivity contribution in [3.05, 3.63) is 47.5 Å². The predicted octanol–water partition coefficient (Wildman–Crippen LogP) is 4.33. The fourth-order valence-corrected chi connectivity index (χ4v) is 3.79. The van der Waals surface area contributed by atoms with E-state index in [0.29, 0.717) is 24.9 Å². The Bertz CT molecular complexity index is 941. The predicted molar refractivity (Wildman–Crippen MR) is 105 cm³/mol. The highest BCUT2D eigenvalue weighted by atomic mass is 19.4. The van der Waals surface area contributed by atoms with Crippen molar-refractivity contribution in [2.75, 3.05) is 16.8 Å². The molecule has 0 unspecified atom stereocenters.